The maximum Gasteiger partial charge on any atom is 0.343 e. The van der Waals surface area contributed by atoms with Crippen LogP contribution in [0.15, 0.2) is 69.7 Å². The summed E-state index contributed by atoms with van der Waals surface area (Å²) in [6.07, 6.45) is 3.64. The van der Waals surface area contributed by atoms with Crippen LogP contribution in [-0.4, -0.2) is 48.0 Å². The van der Waals surface area contributed by atoms with Crippen LogP contribution in [0.4, 0.5) is 0 Å². The van der Waals surface area contributed by atoms with Crippen LogP contribution >= 0.6 is 11.3 Å². The second-order valence-corrected chi connectivity index (χ2v) is 10.7. The van der Waals surface area contributed by atoms with Gasteiger partial charge in [-0.1, -0.05) is 35.6 Å². The average Bonchev–Trinajstić information content (AvgIpc) is 3.52. The molecule has 0 spiro atoms. The van der Waals surface area contributed by atoms with Crippen molar-refractivity contribution in [2.75, 3.05) is 26.9 Å². The van der Waals surface area contributed by atoms with Gasteiger partial charge in [-0.25, -0.2) is 14.6 Å². The third-order valence-corrected chi connectivity index (χ3v) is 8.00. The standard InChI is InChI=1S/C32H30N4O7S/c1-5-41-25-15-20(11-12-24(25)43-18-27(37)40-4)29-28(31(39)42-6-2)19(3)34-32-36(29)30(38)26(44-32)16-21-17-35(14-13-33)23-10-8-7-9-22(21)23/h7-12,15-17,29H,5-6,14,18H2,1-4H3/b26-16+/t29-/m0/s1. The number of nitrogens with zero attached hydrogens (tertiary/aromatic N) is 4. The molecule has 226 valence electrons. The number of thiazole rings is 1. The second-order valence-electron chi connectivity index (χ2n) is 9.69. The van der Waals surface area contributed by atoms with E-state index in [4.69, 9.17) is 14.2 Å². The molecule has 0 amide bonds. The van der Waals surface area contributed by atoms with Crippen molar-refractivity contribution < 1.29 is 28.5 Å². The zero-order valence-electron chi connectivity index (χ0n) is 24.7. The molecule has 2 aromatic carbocycles. The summed E-state index contributed by atoms with van der Waals surface area (Å²) in [5.74, 6) is -0.501. The summed E-state index contributed by atoms with van der Waals surface area (Å²) < 4.78 is 25.3. The van der Waals surface area contributed by atoms with E-state index in [2.05, 4.69) is 15.8 Å². The molecule has 2 aromatic heterocycles. The Kier molecular flexibility index (Phi) is 8.96. The van der Waals surface area contributed by atoms with Crippen molar-refractivity contribution in [2.45, 2.75) is 33.4 Å². The van der Waals surface area contributed by atoms with Gasteiger partial charge in [0.25, 0.3) is 5.56 Å². The van der Waals surface area contributed by atoms with Gasteiger partial charge in [0.2, 0.25) is 0 Å². The fourth-order valence-corrected chi connectivity index (χ4v) is 6.16. The van der Waals surface area contributed by atoms with Gasteiger partial charge in [0.1, 0.15) is 6.54 Å². The van der Waals surface area contributed by atoms with E-state index in [0.717, 1.165) is 16.5 Å². The van der Waals surface area contributed by atoms with E-state index in [-0.39, 0.29) is 30.9 Å². The molecule has 5 rings (SSSR count). The highest BCUT2D eigenvalue weighted by Gasteiger charge is 2.34. The van der Waals surface area contributed by atoms with Crippen molar-refractivity contribution in [3.8, 4) is 17.6 Å². The molecule has 0 bridgehead atoms. The Labute approximate surface area is 256 Å². The molecule has 1 atom stereocenters. The molecule has 0 unspecified atom stereocenters. The minimum atomic E-state index is -0.874. The number of esters is 2. The van der Waals surface area contributed by atoms with E-state index in [1.165, 1.54) is 23.0 Å². The molecule has 3 heterocycles. The van der Waals surface area contributed by atoms with Gasteiger partial charge in [0, 0.05) is 22.7 Å². The van der Waals surface area contributed by atoms with Gasteiger partial charge in [0.05, 0.1) is 48.2 Å². The lowest BCUT2D eigenvalue weighted by Crippen LogP contribution is -2.40. The number of hydrogen-bond acceptors (Lipinski definition) is 10. The summed E-state index contributed by atoms with van der Waals surface area (Å²) in [7, 11) is 1.27. The molecule has 0 saturated heterocycles. The normalized spacial score (nSPS) is 14.5. The first-order valence-electron chi connectivity index (χ1n) is 13.9. The van der Waals surface area contributed by atoms with Gasteiger partial charge in [-0.3, -0.25) is 9.36 Å². The highest BCUT2D eigenvalue weighted by Crippen LogP contribution is 2.36. The second kappa shape index (κ2) is 13.0. The first kappa shape index (κ1) is 30.3. The van der Waals surface area contributed by atoms with E-state index >= 15 is 0 Å². The molecule has 0 radical (unpaired) electrons. The van der Waals surface area contributed by atoms with E-state index < -0.39 is 18.0 Å². The lowest BCUT2D eigenvalue weighted by molar-refractivity contribution is -0.143. The highest BCUT2D eigenvalue weighted by molar-refractivity contribution is 7.07. The number of allylic oxidation sites excluding steroid dienone is 1. The van der Waals surface area contributed by atoms with Crippen LogP contribution in [0.3, 0.4) is 0 Å². The molecule has 11 nitrogen and oxygen atoms in total. The van der Waals surface area contributed by atoms with Crippen molar-refractivity contribution in [1.29, 1.82) is 5.26 Å². The number of methoxy groups -OCH3 is 1. The number of rotatable bonds is 10. The SMILES string of the molecule is CCOC(=O)C1=C(C)N=c2s/c(=C/c3cn(CC#N)c4ccccc34)c(=O)n2[C@H]1c1ccc(OCC(=O)OC)c(OCC)c1. The Morgan fingerprint density at radius 3 is 2.64 bits per heavy atom. The van der Waals surface area contributed by atoms with Gasteiger partial charge in [-0.05, 0) is 50.6 Å². The van der Waals surface area contributed by atoms with Crippen LogP contribution in [0.25, 0.3) is 17.0 Å². The van der Waals surface area contributed by atoms with E-state index in [0.29, 0.717) is 38.7 Å². The average molecular weight is 615 g/mol. The topological polar surface area (TPSA) is 134 Å². The molecule has 1 aliphatic heterocycles. The monoisotopic (exact) mass is 614 g/mol. The zero-order valence-corrected chi connectivity index (χ0v) is 25.5. The van der Waals surface area contributed by atoms with Crippen molar-refractivity contribution in [3.63, 3.8) is 0 Å². The molecular weight excluding hydrogens is 584 g/mol. The third kappa shape index (κ3) is 5.74. The fraction of sp³-hybridized carbons (Fsp3) is 0.281. The molecule has 12 heteroatoms. The molecule has 0 N–H and O–H groups in total. The predicted octanol–water partition coefficient (Wildman–Crippen LogP) is 3.23. The lowest BCUT2D eigenvalue weighted by atomic mass is 9.95. The predicted molar refractivity (Wildman–Crippen MR) is 163 cm³/mol. The van der Waals surface area contributed by atoms with Crippen molar-refractivity contribution in [3.05, 3.63) is 90.7 Å². The number of nitriles is 1. The maximum absolute atomic E-state index is 14.1. The first-order valence-corrected chi connectivity index (χ1v) is 14.7. The molecule has 0 fully saturated rings. The Morgan fingerprint density at radius 2 is 1.91 bits per heavy atom. The molecular formula is C32H30N4O7S. The van der Waals surface area contributed by atoms with Crippen molar-refractivity contribution >= 4 is 40.3 Å². The van der Waals surface area contributed by atoms with Gasteiger partial charge in [-0.15, -0.1) is 0 Å². The molecule has 0 aliphatic carbocycles. The van der Waals surface area contributed by atoms with E-state index in [1.54, 1.807) is 38.1 Å². The minimum Gasteiger partial charge on any atom is -0.490 e. The number of aromatic nitrogens is 2. The molecule has 0 saturated carbocycles. The van der Waals surface area contributed by atoms with Crippen LogP contribution < -0.4 is 24.4 Å². The summed E-state index contributed by atoms with van der Waals surface area (Å²) in [5.41, 5.74) is 2.54. The number of carbonyl (C=O) groups is 2. The summed E-state index contributed by atoms with van der Waals surface area (Å²) in [6, 6.07) is 14.0. The number of benzene rings is 2. The van der Waals surface area contributed by atoms with Crippen LogP contribution in [0.5, 0.6) is 11.5 Å². The summed E-state index contributed by atoms with van der Waals surface area (Å²) in [4.78, 5) is 44.2. The smallest absolute Gasteiger partial charge is 0.343 e. The summed E-state index contributed by atoms with van der Waals surface area (Å²) >= 11 is 1.21. The van der Waals surface area contributed by atoms with E-state index in [1.807, 2.05) is 42.0 Å². The van der Waals surface area contributed by atoms with Crippen LogP contribution in [-0.2, 0) is 25.6 Å². The highest BCUT2D eigenvalue weighted by atomic mass is 32.1. The maximum atomic E-state index is 14.1. The number of fused-ring (bicyclic) bond motifs is 2. The Bertz CT molecular complexity index is 2010. The van der Waals surface area contributed by atoms with Crippen molar-refractivity contribution in [1.82, 2.24) is 9.13 Å². The van der Waals surface area contributed by atoms with Crippen LogP contribution in [0, 0.1) is 11.3 Å². The number of para-hydroxylation sites is 1. The largest absolute Gasteiger partial charge is 0.490 e. The molecule has 1 aliphatic rings. The Morgan fingerprint density at radius 1 is 1.11 bits per heavy atom. The summed E-state index contributed by atoms with van der Waals surface area (Å²) in [6.45, 7) is 5.53. The Hall–Kier alpha value is -5.15. The van der Waals surface area contributed by atoms with E-state index in [9.17, 15) is 19.6 Å². The number of carbonyl (C=O) groups excluding carboxylic acids is 2. The fourth-order valence-electron chi connectivity index (χ4n) is 5.12. The van der Waals surface area contributed by atoms with Gasteiger partial charge in [0.15, 0.2) is 22.9 Å². The van der Waals surface area contributed by atoms with Gasteiger partial charge < -0.3 is 23.5 Å². The Balaban J connectivity index is 1.69. The third-order valence-electron chi connectivity index (χ3n) is 7.02. The minimum absolute atomic E-state index is 0.143. The quantitative estimate of drug-likeness (QED) is 0.249. The van der Waals surface area contributed by atoms with Crippen LogP contribution in [0.1, 0.15) is 37.9 Å². The lowest BCUT2D eigenvalue weighted by Gasteiger charge is -2.25. The summed E-state index contributed by atoms with van der Waals surface area (Å²) in [5, 5.41) is 10.2. The van der Waals surface area contributed by atoms with Gasteiger partial charge >= 0.3 is 11.9 Å². The molecule has 4 aromatic rings. The number of ether oxygens (including phenoxy) is 4. The number of hydrogen-bond donors (Lipinski definition) is 0. The molecule has 44 heavy (non-hydrogen) atoms. The van der Waals surface area contributed by atoms with Crippen molar-refractivity contribution in [2.24, 2.45) is 4.99 Å². The van der Waals surface area contributed by atoms with Gasteiger partial charge in [-0.2, -0.15) is 5.26 Å². The first-order chi connectivity index (χ1) is 21.3. The zero-order chi connectivity index (χ0) is 31.4. The van der Waals surface area contributed by atoms with Crippen LogP contribution in [0.2, 0.25) is 0 Å².